The summed E-state index contributed by atoms with van der Waals surface area (Å²) in [6, 6.07) is 3.11. The number of carbonyl (C=O) groups is 1. The van der Waals surface area contributed by atoms with Crippen molar-refractivity contribution in [2.24, 2.45) is 0 Å². The van der Waals surface area contributed by atoms with E-state index in [1.165, 1.54) is 6.07 Å². The molecule has 0 amide bonds. The standard InChI is InChI=1S/C12H13N3O2/c1-3-10-4-9(12(16)17)5-11(14-10)15-7-8(2)6-13-15/h4-7H,3H2,1-2H3,(H,16,17). The minimum absolute atomic E-state index is 0.236. The lowest BCUT2D eigenvalue weighted by Gasteiger charge is -2.05. The molecule has 0 aliphatic rings. The molecule has 0 atom stereocenters. The molecule has 2 rings (SSSR count). The summed E-state index contributed by atoms with van der Waals surface area (Å²) in [6.45, 7) is 3.86. The third kappa shape index (κ3) is 2.33. The van der Waals surface area contributed by atoms with Crippen LogP contribution >= 0.6 is 0 Å². The predicted octanol–water partition coefficient (Wildman–Crippen LogP) is 1.84. The molecule has 0 bridgehead atoms. The van der Waals surface area contributed by atoms with Crippen molar-refractivity contribution >= 4 is 5.97 Å². The minimum atomic E-state index is -0.952. The van der Waals surface area contributed by atoms with Crippen LogP contribution in [0.4, 0.5) is 0 Å². The maximum absolute atomic E-state index is 11.0. The lowest BCUT2D eigenvalue weighted by molar-refractivity contribution is 0.0696. The van der Waals surface area contributed by atoms with Gasteiger partial charge in [0.05, 0.1) is 11.8 Å². The molecule has 5 heteroatoms. The lowest BCUT2D eigenvalue weighted by atomic mass is 10.2. The number of carboxylic acid groups (broad SMARTS) is 1. The SMILES string of the molecule is CCc1cc(C(=O)O)cc(-n2cc(C)cn2)n1. The molecular weight excluding hydrogens is 218 g/mol. The summed E-state index contributed by atoms with van der Waals surface area (Å²) in [5, 5.41) is 13.1. The minimum Gasteiger partial charge on any atom is -0.478 e. The van der Waals surface area contributed by atoms with Gasteiger partial charge in [0, 0.05) is 11.9 Å². The van der Waals surface area contributed by atoms with Crippen molar-refractivity contribution in [2.75, 3.05) is 0 Å². The molecule has 0 saturated heterocycles. The Balaban J connectivity index is 2.53. The van der Waals surface area contributed by atoms with E-state index in [-0.39, 0.29) is 5.56 Å². The summed E-state index contributed by atoms with van der Waals surface area (Å²) in [5.41, 5.74) is 1.98. The van der Waals surface area contributed by atoms with Crippen molar-refractivity contribution in [3.8, 4) is 5.82 Å². The van der Waals surface area contributed by atoms with E-state index in [4.69, 9.17) is 5.11 Å². The van der Waals surface area contributed by atoms with Crippen LogP contribution in [0.1, 0.15) is 28.5 Å². The number of rotatable bonds is 3. The molecule has 88 valence electrons. The molecule has 0 fully saturated rings. The van der Waals surface area contributed by atoms with Gasteiger partial charge in [0.2, 0.25) is 0 Å². The number of aromatic nitrogens is 3. The second-order valence-electron chi connectivity index (χ2n) is 3.83. The van der Waals surface area contributed by atoms with Gasteiger partial charge in [-0.15, -0.1) is 0 Å². The van der Waals surface area contributed by atoms with Gasteiger partial charge in [-0.2, -0.15) is 5.10 Å². The van der Waals surface area contributed by atoms with E-state index in [2.05, 4.69) is 10.1 Å². The van der Waals surface area contributed by atoms with Gasteiger partial charge in [-0.3, -0.25) is 0 Å². The number of hydrogen-bond acceptors (Lipinski definition) is 3. The van der Waals surface area contributed by atoms with E-state index in [0.29, 0.717) is 12.2 Å². The van der Waals surface area contributed by atoms with Gasteiger partial charge in [-0.1, -0.05) is 6.92 Å². The summed E-state index contributed by atoms with van der Waals surface area (Å²) in [4.78, 5) is 15.4. The Labute approximate surface area is 98.7 Å². The Hall–Kier alpha value is -2.17. The van der Waals surface area contributed by atoms with E-state index >= 15 is 0 Å². The van der Waals surface area contributed by atoms with Crippen LogP contribution in [0.2, 0.25) is 0 Å². The fourth-order valence-electron chi connectivity index (χ4n) is 1.53. The van der Waals surface area contributed by atoms with E-state index in [9.17, 15) is 4.79 Å². The summed E-state index contributed by atoms with van der Waals surface area (Å²) < 4.78 is 1.58. The van der Waals surface area contributed by atoms with Crippen LogP contribution in [0.25, 0.3) is 5.82 Å². The third-order valence-electron chi connectivity index (χ3n) is 2.42. The van der Waals surface area contributed by atoms with Crippen LogP contribution < -0.4 is 0 Å². The van der Waals surface area contributed by atoms with Crippen molar-refractivity contribution < 1.29 is 9.90 Å². The lowest BCUT2D eigenvalue weighted by Crippen LogP contribution is -2.05. The van der Waals surface area contributed by atoms with Gasteiger partial charge in [-0.25, -0.2) is 14.5 Å². The second kappa shape index (κ2) is 4.37. The molecule has 0 spiro atoms. The van der Waals surface area contributed by atoms with Crippen LogP contribution in [-0.2, 0) is 6.42 Å². The fourth-order valence-corrected chi connectivity index (χ4v) is 1.53. The van der Waals surface area contributed by atoms with Crippen LogP contribution in [0.15, 0.2) is 24.5 Å². The monoisotopic (exact) mass is 231 g/mol. The van der Waals surface area contributed by atoms with Gasteiger partial charge in [0.25, 0.3) is 0 Å². The Bertz CT molecular complexity index is 561. The average Bonchev–Trinajstić information content (AvgIpc) is 2.75. The van der Waals surface area contributed by atoms with E-state index in [1.807, 2.05) is 20.0 Å². The molecular formula is C12H13N3O2. The second-order valence-corrected chi connectivity index (χ2v) is 3.83. The molecule has 2 aromatic heterocycles. The molecule has 2 aromatic rings. The molecule has 2 heterocycles. The first-order chi connectivity index (χ1) is 8.10. The Morgan fingerprint density at radius 1 is 1.47 bits per heavy atom. The zero-order valence-corrected chi connectivity index (χ0v) is 9.71. The Morgan fingerprint density at radius 3 is 2.76 bits per heavy atom. The van der Waals surface area contributed by atoms with E-state index in [0.717, 1.165) is 11.3 Å². The summed E-state index contributed by atoms with van der Waals surface area (Å²) in [5.74, 6) is -0.415. The molecule has 0 aromatic carbocycles. The van der Waals surface area contributed by atoms with Crippen LogP contribution in [0, 0.1) is 6.92 Å². The zero-order chi connectivity index (χ0) is 12.4. The first kappa shape index (κ1) is 11.3. The largest absolute Gasteiger partial charge is 0.478 e. The van der Waals surface area contributed by atoms with E-state index in [1.54, 1.807) is 16.9 Å². The molecule has 1 N–H and O–H groups in total. The van der Waals surface area contributed by atoms with Gasteiger partial charge in [0.15, 0.2) is 5.82 Å². The van der Waals surface area contributed by atoms with Crippen molar-refractivity contribution in [3.05, 3.63) is 41.3 Å². The van der Waals surface area contributed by atoms with Gasteiger partial charge < -0.3 is 5.11 Å². The zero-order valence-electron chi connectivity index (χ0n) is 9.71. The van der Waals surface area contributed by atoms with Gasteiger partial charge in [0.1, 0.15) is 0 Å². The fraction of sp³-hybridized carbons (Fsp3) is 0.250. The maximum atomic E-state index is 11.0. The number of carboxylic acids is 1. The van der Waals surface area contributed by atoms with Crippen molar-refractivity contribution in [3.63, 3.8) is 0 Å². The topological polar surface area (TPSA) is 68.0 Å². The normalized spacial score (nSPS) is 10.5. The van der Waals surface area contributed by atoms with Crippen molar-refractivity contribution in [2.45, 2.75) is 20.3 Å². The molecule has 0 unspecified atom stereocenters. The average molecular weight is 231 g/mol. The molecule has 0 radical (unpaired) electrons. The summed E-state index contributed by atoms with van der Waals surface area (Å²) >= 11 is 0. The highest BCUT2D eigenvalue weighted by molar-refractivity contribution is 5.88. The number of pyridine rings is 1. The maximum Gasteiger partial charge on any atom is 0.335 e. The van der Waals surface area contributed by atoms with Crippen LogP contribution in [0.3, 0.4) is 0 Å². The van der Waals surface area contributed by atoms with Crippen molar-refractivity contribution in [1.82, 2.24) is 14.8 Å². The number of hydrogen-bond donors (Lipinski definition) is 1. The smallest absolute Gasteiger partial charge is 0.335 e. The number of aromatic carboxylic acids is 1. The Kier molecular flexibility index (Phi) is 2.91. The first-order valence-corrected chi connectivity index (χ1v) is 5.36. The van der Waals surface area contributed by atoms with Crippen LogP contribution in [0.5, 0.6) is 0 Å². The first-order valence-electron chi connectivity index (χ1n) is 5.36. The van der Waals surface area contributed by atoms with Gasteiger partial charge in [-0.05, 0) is 31.0 Å². The summed E-state index contributed by atoms with van der Waals surface area (Å²) in [7, 11) is 0. The molecule has 0 aliphatic heterocycles. The Morgan fingerprint density at radius 2 is 2.24 bits per heavy atom. The van der Waals surface area contributed by atoms with Crippen LogP contribution in [-0.4, -0.2) is 25.8 Å². The quantitative estimate of drug-likeness (QED) is 0.875. The highest BCUT2D eigenvalue weighted by atomic mass is 16.4. The highest BCUT2D eigenvalue weighted by Crippen LogP contribution is 2.11. The number of aryl methyl sites for hydroxylation is 2. The van der Waals surface area contributed by atoms with Gasteiger partial charge >= 0.3 is 5.97 Å². The number of nitrogens with zero attached hydrogens (tertiary/aromatic N) is 3. The van der Waals surface area contributed by atoms with E-state index < -0.39 is 5.97 Å². The third-order valence-corrected chi connectivity index (χ3v) is 2.42. The van der Waals surface area contributed by atoms with Crippen molar-refractivity contribution in [1.29, 1.82) is 0 Å². The molecule has 0 saturated carbocycles. The molecule has 17 heavy (non-hydrogen) atoms. The highest BCUT2D eigenvalue weighted by Gasteiger charge is 2.09. The molecule has 5 nitrogen and oxygen atoms in total. The summed E-state index contributed by atoms with van der Waals surface area (Å²) in [6.07, 6.45) is 4.21. The predicted molar refractivity (Wildman–Crippen MR) is 62.4 cm³/mol. The molecule has 0 aliphatic carbocycles.